The molecule has 1 saturated heterocycles. The van der Waals surface area contributed by atoms with Crippen molar-refractivity contribution in [1.29, 1.82) is 0 Å². The number of ether oxygens (including phenoxy) is 1. The maximum absolute atomic E-state index is 11.5. The number of rotatable bonds is 4. The SMILES string of the molecule is Nc1ccn([C@@H]2O[C@H](CO)[C@@H](O)[C@H]2O)c(=O)n1.OCC(O)CO.P#P. The Labute approximate surface area is 147 Å². The number of anilines is 1. The summed E-state index contributed by atoms with van der Waals surface area (Å²) >= 11 is 0. The molecule has 0 aromatic carbocycles. The van der Waals surface area contributed by atoms with Gasteiger partial charge in [0.25, 0.3) is 0 Å². The summed E-state index contributed by atoms with van der Waals surface area (Å²) in [5, 5.41) is 52.2. The Morgan fingerprint density at radius 2 is 1.80 bits per heavy atom. The summed E-state index contributed by atoms with van der Waals surface area (Å²) < 4.78 is 6.19. The summed E-state index contributed by atoms with van der Waals surface area (Å²) in [7, 11) is 6.44. The molecule has 2 heterocycles. The van der Waals surface area contributed by atoms with Crippen LogP contribution in [0.5, 0.6) is 0 Å². The number of nitrogen functional groups attached to an aromatic ring is 1. The van der Waals surface area contributed by atoms with Crippen LogP contribution < -0.4 is 11.4 Å². The third-order valence-electron chi connectivity index (χ3n) is 3.06. The molecular formula is C12H21N3O8P2. The number of hydrogen-bond donors (Lipinski definition) is 7. The van der Waals surface area contributed by atoms with E-state index in [0.717, 1.165) is 4.57 Å². The zero-order chi connectivity index (χ0) is 19.6. The Balaban J connectivity index is 0.000000614. The average Bonchev–Trinajstić information content (AvgIpc) is 2.91. The van der Waals surface area contributed by atoms with Gasteiger partial charge in [-0.15, -0.1) is 0 Å². The topological polar surface area (TPSA) is 192 Å². The number of aliphatic hydroxyl groups excluding tert-OH is 6. The predicted molar refractivity (Wildman–Crippen MR) is 89.9 cm³/mol. The van der Waals surface area contributed by atoms with Crippen LogP contribution in [0.25, 0.3) is 0 Å². The van der Waals surface area contributed by atoms with Gasteiger partial charge in [-0.05, 0) is 6.07 Å². The Hall–Kier alpha value is -0.740. The molecular weight excluding hydrogens is 376 g/mol. The molecule has 2 rings (SSSR count). The van der Waals surface area contributed by atoms with Crippen molar-refractivity contribution in [3.05, 3.63) is 22.7 Å². The van der Waals surface area contributed by atoms with Crippen LogP contribution in [0.2, 0.25) is 0 Å². The fourth-order valence-electron chi connectivity index (χ4n) is 1.79. The van der Waals surface area contributed by atoms with Gasteiger partial charge in [-0.3, -0.25) is 4.57 Å². The van der Waals surface area contributed by atoms with Crippen molar-refractivity contribution in [2.24, 2.45) is 0 Å². The third kappa shape index (κ3) is 7.18. The molecule has 1 fully saturated rings. The van der Waals surface area contributed by atoms with Crippen molar-refractivity contribution in [2.45, 2.75) is 30.6 Å². The number of aromatic nitrogens is 2. The molecule has 0 aliphatic carbocycles. The van der Waals surface area contributed by atoms with E-state index >= 15 is 0 Å². The zero-order valence-corrected chi connectivity index (χ0v) is 14.8. The molecule has 0 saturated carbocycles. The molecule has 142 valence electrons. The van der Waals surface area contributed by atoms with Crippen LogP contribution in [-0.2, 0) is 4.74 Å². The summed E-state index contributed by atoms with van der Waals surface area (Å²) in [5.74, 6) is 0.0537. The van der Waals surface area contributed by atoms with Crippen LogP contribution in [0.3, 0.4) is 0 Å². The van der Waals surface area contributed by atoms with Crippen LogP contribution in [0.4, 0.5) is 5.82 Å². The Bertz CT molecular complexity index is 583. The van der Waals surface area contributed by atoms with Gasteiger partial charge in [-0.2, -0.15) is 4.98 Å². The molecule has 8 N–H and O–H groups in total. The van der Waals surface area contributed by atoms with Crippen molar-refractivity contribution in [2.75, 3.05) is 25.6 Å². The first kappa shape index (κ1) is 24.3. The number of nitrogens with two attached hydrogens (primary N) is 1. The van der Waals surface area contributed by atoms with Crippen molar-refractivity contribution >= 4 is 22.5 Å². The molecule has 1 aliphatic rings. The van der Waals surface area contributed by atoms with E-state index in [4.69, 9.17) is 30.9 Å². The average molecular weight is 397 g/mol. The van der Waals surface area contributed by atoms with E-state index in [-0.39, 0.29) is 19.0 Å². The van der Waals surface area contributed by atoms with Crippen molar-refractivity contribution in [1.82, 2.24) is 9.55 Å². The summed E-state index contributed by atoms with van der Waals surface area (Å²) in [5.41, 5.74) is 4.63. The normalized spacial score (nSPS) is 24.8. The molecule has 11 nitrogen and oxygen atoms in total. The van der Waals surface area contributed by atoms with Gasteiger partial charge in [-0.1, -0.05) is 0 Å². The van der Waals surface area contributed by atoms with Crippen LogP contribution in [0.1, 0.15) is 6.23 Å². The number of nitrogens with zero attached hydrogens (tertiary/aromatic N) is 2. The fourth-order valence-corrected chi connectivity index (χ4v) is 1.79. The minimum atomic E-state index is -1.31. The number of aliphatic hydroxyl groups is 6. The first-order chi connectivity index (χ1) is 11.8. The first-order valence-electron chi connectivity index (χ1n) is 6.92. The number of hydrogen-bond acceptors (Lipinski definition) is 10. The molecule has 1 aromatic rings. The van der Waals surface area contributed by atoms with E-state index in [1.54, 1.807) is 0 Å². The second kappa shape index (κ2) is 12.6. The van der Waals surface area contributed by atoms with E-state index in [1.807, 2.05) is 0 Å². The van der Waals surface area contributed by atoms with Crippen LogP contribution in [0, 0.1) is 0 Å². The summed E-state index contributed by atoms with van der Waals surface area (Å²) in [4.78, 5) is 15.0. The quantitative estimate of drug-likeness (QED) is 0.267. The monoisotopic (exact) mass is 397 g/mol. The molecule has 0 bridgehead atoms. The van der Waals surface area contributed by atoms with Gasteiger partial charge in [0.15, 0.2) is 6.23 Å². The molecule has 13 heteroatoms. The molecule has 0 amide bonds. The summed E-state index contributed by atoms with van der Waals surface area (Å²) in [6.45, 7) is -1.18. The van der Waals surface area contributed by atoms with Crippen LogP contribution >= 0.6 is 16.7 Å². The van der Waals surface area contributed by atoms with Crippen molar-refractivity contribution < 1.29 is 35.4 Å². The molecule has 0 radical (unpaired) electrons. The Kier molecular flexibility index (Phi) is 12.2. The van der Waals surface area contributed by atoms with Gasteiger partial charge >= 0.3 is 22.4 Å². The van der Waals surface area contributed by atoms with Crippen molar-refractivity contribution in [3.8, 4) is 0 Å². The first-order valence-corrected chi connectivity index (χ1v) is 8.52. The van der Waals surface area contributed by atoms with E-state index in [0.29, 0.717) is 0 Å². The van der Waals surface area contributed by atoms with Gasteiger partial charge in [0.1, 0.15) is 30.2 Å². The fraction of sp³-hybridized carbons (Fsp3) is 0.667. The molecule has 1 aliphatic heterocycles. The molecule has 0 unspecified atom stereocenters. The predicted octanol–water partition coefficient (Wildman–Crippen LogP) is -2.51. The molecule has 4 atom stereocenters. The summed E-state index contributed by atoms with van der Waals surface area (Å²) in [6, 6.07) is 1.37. The standard InChI is InChI=1S/C9H13N3O5.C3H8O3.P2/c10-5-1-2-12(9(16)11-5)8-7(15)6(14)4(3-13)17-8;4-1-3(6)2-5;1-2/h1-2,4,6-8,13-15H,3H2,(H2,10,11,16);3-6H,1-2H2;/t4-,6-,7-,8-;;/m1../s1. The van der Waals surface area contributed by atoms with Gasteiger partial charge in [0, 0.05) is 6.20 Å². The molecule has 1 aromatic heterocycles. The maximum atomic E-state index is 11.5. The van der Waals surface area contributed by atoms with E-state index in [2.05, 4.69) is 21.7 Å². The van der Waals surface area contributed by atoms with E-state index in [9.17, 15) is 15.0 Å². The second-order valence-electron chi connectivity index (χ2n) is 4.79. The van der Waals surface area contributed by atoms with Gasteiger partial charge < -0.3 is 41.1 Å². The van der Waals surface area contributed by atoms with Gasteiger partial charge in [0.05, 0.1) is 19.8 Å². The molecule has 25 heavy (non-hydrogen) atoms. The van der Waals surface area contributed by atoms with Crippen molar-refractivity contribution in [3.63, 3.8) is 0 Å². The molecule has 0 spiro atoms. The van der Waals surface area contributed by atoms with Crippen LogP contribution in [0.15, 0.2) is 17.1 Å². The van der Waals surface area contributed by atoms with E-state index < -0.39 is 42.9 Å². The van der Waals surface area contributed by atoms with E-state index in [1.165, 1.54) is 12.3 Å². The summed E-state index contributed by atoms with van der Waals surface area (Å²) in [6.07, 6.45) is -4.22. The van der Waals surface area contributed by atoms with Gasteiger partial charge in [0.2, 0.25) is 0 Å². The Morgan fingerprint density at radius 3 is 2.16 bits per heavy atom. The third-order valence-corrected chi connectivity index (χ3v) is 3.06. The minimum absolute atomic E-state index is 0.0537. The van der Waals surface area contributed by atoms with Gasteiger partial charge in [-0.25, -0.2) is 4.79 Å². The zero-order valence-electron chi connectivity index (χ0n) is 13.0. The second-order valence-corrected chi connectivity index (χ2v) is 4.79. The Morgan fingerprint density at radius 1 is 1.24 bits per heavy atom. The van der Waals surface area contributed by atoms with Crippen LogP contribution in [-0.4, -0.2) is 84.4 Å².